The maximum Gasteiger partial charge on any atom is 0.263 e. The maximum atomic E-state index is 12.9. The monoisotopic (exact) mass is 420 g/mol. The summed E-state index contributed by atoms with van der Waals surface area (Å²) in [6.45, 7) is 10.5. The molecular formula is C23H28N6O2. The lowest BCUT2D eigenvalue weighted by Crippen LogP contribution is -2.52. The Hall–Kier alpha value is -3.42. The molecule has 1 amide bonds. The molecule has 1 atom stereocenters. The molecule has 1 aliphatic rings. The number of anilines is 1. The Bertz CT molecular complexity index is 1050. The SMILES string of the molecule is Cc1cccc(OC(C)C(=O)N2CCN(c3ccc(-n4ccnc4C)nn3)CC2)c1C. The van der Waals surface area contributed by atoms with E-state index in [4.69, 9.17) is 4.74 Å². The minimum Gasteiger partial charge on any atom is -0.481 e. The Kier molecular flexibility index (Phi) is 5.88. The highest BCUT2D eigenvalue weighted by atomic mass is 16.5. The van der Waals surface area contributed by atoms with E-state index >= 15 is 0 Å². The number of carbonyl (C=O) groups is 1. The van der Waals surface area contributed by atoms with Gasteiger partial charge in [0.1, 0.15) is 11.6 Å². The van der Waals surface area contributed by atoms with Gasteiger partial charge >= 0.3 is 0 Å². The summed E-state index contributed by atoms with van der Waals surface area (Å²) in [6, 6.07) is 9.81. The Labute approximate surface area is 182 Å². The number of aryl methyl sites for hydroxylation is 2. The molecule has 0 N–H and O–H groups in total. The van der Waals surface area contributed by atoms with Gasteiger partial charge in [-0.2, -0.15) is 0 Å². The zero-order chi connectivity index (χ0) is 22.0. The van der Waals surface area contributed by atoms with Crippen molar-refractivity contribution in [2.75, 3.05) is 31.1 Å². The van der Waals surface area contributed by atoms with Gasteiger partial charge in [0.2, 0.25) is 0 Å². The number of carbonyl (C=O) groups excluding carboxylic acids is 1. The normalized spacial score (nSPS) is 15.1. The second-order valence-electron chi connectivity index (χ2n) is 7.86. The standard InChI is InChI=1S/C23H28N6O2/c1-16-6-5-7-20(17(16)2)31-18(3)23(30)28-14-12-27(13-15-28)21-8-9-22(26-25-21)29-11-10-24-19(29)4/h5-11,18H,12-15H2,1-4H3. The van der Waals surface area contributed by atoms with E-state index in [1.165, 1.54) is 0 Å². The van der Waals surface area contributed by atoms with E-state index in [1.807, 2.05) is 73.7 Å². The topological polar surface area (TPSA) is 76.4 Å². The molecule has 3 aromatic rings. The average molecular weight is 421 g/mol. The molecule has 1 aromatic carbocycles. The first-order valence-electron chi connectivity index (χ1n) is 10.5. The van der Waals surface area contributed by atoms with Gasteiger partial charge in [-0.05, 0) is 57.0 Å². The van der Waals surface area contributed by atoms with Crippen LogP contribution in [0.2, 0.25) is 0 Å². The number of rotatable bonds is 5. The van der Waals surface area contributed by atoms with Crippen LogP contribution in [0, 0.1) is 20.8 Å². The molecule has 4 rings (SSSR count). The third kappa shape index (κ3) is 4.38. The molecule has 1 saturated heterocycles. The van der Waals surface area contributed by atoms with Crippen LogP contribution in [-0.2, 0) is 4.79 Å². The van der Waals surface area contributed by atoms with Gasteiger partial charge in [0.25, 0.3) is 5.91 Å². The van der Waals surface area contributed by atoms with Crippen molar-refractivity contribution < 1.29 is 9.53 Å². The fraction of sp³-hybridized carbons (Fsp3) is 0.391. The Morgan fingerprint density at radius 3 is 2.35 bits per heavy atom. The van der Waals surface area contributed by atoms with Crippen LogP contribution >= 0.6 is 0 Å². The second-order valence-corrected chi connectivity index (χ2v) is 7.86. The lowest BCUT2D eigenvalue weighted by atomic mass is 10.1. The van der Waals surface area contributed by atoms with Crippen LogP contribution < -0.4 is 9.64 Å². The third-order valence-corrected chi connectivity index (χ3v) is 5.83. The van der Waals surface area contributed by atoms with Gasteiger partial charge in [-0.3, -0.25) is 9.36 Å². The Morgan fingerprint density at radius 1 is 1.00 bits per heavy atom. The van der Waals surface area contributed by atoms with Crippen LogP contribution in [0.25, 0.3) is 5.82 Å². The first-order chi connectivity index (χ1) is 14.9. The second kappa shape index (κ2) is 8.75. The molecule has 8 nitrogen and oxygen atoms in total. The molecule has 1 unspecified atom stereocenters. The number of ether oxygens (including phenoxy) is 1. The summed E-state index contributed by atoms with van der Waals surface area (Å²) in [4.78, 5) is 21.1. The van der Waals surface area contributed by atoms with E-state index in [9.17, 15) is 4.79 Å². The van der Waals surface area contributed by atoms with Gasteiger partial charge in [0.15, 0.2) is 17.7 Å². The van der Waals surface area contributed by atoms with Crippen molar-refractivity contribution in [3.8, 4) is 11.6 Å². The van der Waals surface area contributed by atoms with Gasteiger partial charge < -0.3 is 14.5 Å². The molecule has 8 heteroatoms. The van der Waals surface area contributed by atoms with E-state index in [2.05, 4.69) is 20.1 Å². The van der Waals surface area contributed by atoms with Gasteiger partial charge in [-0.1, -0.05) is 12.1 Å². The van der Waals surface area contributed by atoms with E-state index in [-0.39, 0.29) is 5.91 Å². The molecule has 3 heterocycles. The van der Waals surface area contributed by atoms with E-state index in [0.717, 1.165) is 34.3 Å². The number of nitrogens with zero attached hydrogens (tertiary/aromatic N) is 6. The number of amides is 1. The van der Waals surface area contributed by atoms with Gasteiger partial charge in [-0.25, -0.2) is 4.98 Å². The number of imidazole rings is 1. The average Bonchev–Trinajstić information content (AvgIpc) is 3.22. The molecule has 0 bridgehead atoms. The fourth-order valence-corrected chi connectivity index (χ4v) is 3.74. The quantitative estimate of drug-likeness (QED) is 0.632. The summed E-state index contributed by atoms with van der Waals surface area (Å²) in [5.74, 6) is 3.20. The molecule has 1 aliphatic heterocycles. The molecular weight excluding hydrogens is 392 g/mol. The highest BCUT2D eigenvalue weighted by Gasteiger charge is 2.27. The van der Waals surface area contributed by atoms with Crippen molar-refractivity contribution in [3.63, 3.8) is 0 Å². The zero-order valence-electron chi connectivity index (χ0n) is 18.4. The van der Waals surface area contributed by atoms with Crippen molar-refractivity contribution in [2.45, 2.75) is 33.8 Å². The molecule has 31 heavy (non-hydrogen) atoms. The van der Waals surface area contributed by atoms with Crippen molar-refractivity contribution in [3.05, 3.63) is 59.7 Å². The first-order valence-corrected chi connectivity index (χ1v) is 10.5. The Morgan fingerprint density at radius 2 is 1.71 bits per heavy atom. The molecule has 162 valence electrons. The van der Waals surface area contributed by atoms with Crippen LogP contribution in [0.4, 0.5) is 5.82 Å². The largest absolute Gasteiger partial charge is 0.481 e. The van der Waals surface area contributed by atoms with Crippen molar-refractivity contribution in [1.29, 1.82) is 0 Å². The summed E-state index contributed by atoms with van der Waals surface area (Å²) in [5.41, 5.74) is 2.22. The fourth-order valence-electron chi connectivity index (χ4n) is 3.74. The predicted octanol–water partition coefficient (Wildman–Crippen LogP) is 2.70. The minimum atomic E-state index is -0.524. The molecule has 2 aromatic heterocycles. The van der Waals surface area contributed by atoms with Crippen LogP contribution in [0.3, 0.4) is 0 Å². The van der Waals surface area contributed by atoms with E-state index < -0.39 is 6.10 Å². The molecule has 0 radical (unpaired) electrons. The van der Waals surface area contributed by atoms with Crippen LogP contribution in [-0.4, -0.2) is 62.8 Å². The number of piperazine rings is 1. The number of hydrogen-bond donors (Lipinski definition) is 0. The van der Waals surface area contributed by atoms with E-state index in [1.54, 1.807) is 6.20 Å². The number of hydrogen-bond acceptors (Lipinski definition) is 6. The zero-order valence-corrected chi connectivity index (χ0v) is 18.4. The summed E-state index contributed by atoms with van der Waals surface area (Å²) in [6.07, 6.45) is 3.08. The Balaban J connectivity index is 1.34. The van der Waals surface area contributed by atoms with Crippen molar-refractivity contribution in [1.82, 2.24) is 24.6 Å². The predicted molar refractivity (Wildman–Crippen MR) is 119 cm³/mol. The van der Waals surface area contributed by atoms with Gasteiger partial charge in [-0.15, -0.1) is 10.2 Å². The summed E-state index contributed by atoms with van der Waals surface area (Å²) in [7, 11) is 0. The smallest absolute Gasteiger partial charge is 0.263 e. The van der Waals surface area contributed by atoms with Crippen LogP contribution in [0.5, 0.6) is 5.75 Å². The molecule has 0 saturated carbocycles. The van der Waals surface area contributed by atoms with Crippen LogP contribution in [0.15, 0.2) is 42.7 Å². The van der Waals surface area contributed by atoms with Gasteiger partial charge in [0.05, 0.1) is 0 Å². The summed E-state index contributed by atoms with van der Waals surface area (Å²) >= 11 is 0. The summed E-state index contributed by atoms with van der Waals surface area (Å²) in [5, 5.41) is 8.71. The lowest BCUT2D eigenvalue weighted by Gasteiger charge is -2.36. The first kappa shape index (κ1) is 20.8. The third-order valence-electron chi connectivity index (χ3n) is 5.83. The molecule has 1 fully saturated rings. The van der Waals surface area contributed by atoms with E-state index in [0.29, 0.717) is 26.2 Å². The minimum absolute atomic E-state index is 0.0116. The number of aromatic nitrogens is 4. The highest BCUT2D eigenvalue weighted by Crippen LogP contribution is 2.22. The number of benzene rings is 1. The highest BCUT2D eigenvalue weighted by molar-refractivity contribution is 5.81. The van der Waals surface area contributed by atoms with Crippen LogP contribution in [0.1, 0.15) is 23.9 Å². The molecule has 0 spiro atoms. The summed E-state index contributed by atoms with van der Waals surface area (Å²) < 4.78 is 7.87. The maximum absolute atomic E-state index is 12.9. The lowest BCUT2D eigenvalue weighted by molar-refractivity contribution is -0.138. The molecule has 0 aliphatic carbocycles. The van der Waals surface area contributed by atoms with Crippen molar-refractivity contribution >= 4 is 11.7 Å². The van der Waals surface area contributed by atoms with Crippen molar-refractivity contribution in [2.24, 2.45) is 0 Å². The van der Waals surface area contributed by atoms with Gasteiger partial charge in [0, 0.05) is 38.6 Å².